The van der Waals surface area contributed by atoms with Gasteiger partial charge in [0.05, 0.1) is 12.8 Å². The second-order valence-electron chi connectivity index (χ2n) is 10.0. The van der Waals surface area contributed by atoms with Crippen LogP contribution in [-0.4, -0.2) is 48.8 Å². The lowest BCUT2D eigenvalue weighted by Crippen LogP contribution is -2.48. The van der Waals surface area contributed by atoms with Crippen molar-refractivity contribution in [1.82, 2.24) is 14.5 Å². The smallest absolute Gasteiger partial charge is 0.247 e. The van der Waals surface area contributed by atoms with Gasteiger partial charge in [-0.1, -0.05) is 103 Å². The molecule has 0 heterocycles. The molecule has 7 nitrogen and oxygen atoms in total. The van der Waals surface area contributed by atoms with Crippen LogP contribution < -0.4 is 5.32 Å². The fourth-order valence-corrected chi connectivity index (χ4v) is 5.34. The summed E-state index contributed by atoms with van der Waals surface area (Å²) in [6.45, 7) is -0.174. The first-order chi connectivity index (χ1) is 20.2. The van der Waals surface area contributed by atoms with Gasteiger partial charge >= 0.3 is 0 Å². The van der Waals surface area contributed by atoms with Crippen molar-refractivity contribution in [2.45, 2.75) is 25.6 Å². The topological polar surface area (TPSA) is 86.8 Å². The molecule has 9 heteroatoms. The maximum atomic E-state index is 14.0. The lowest BCUT2D eigenvalue weighted by Gasteiger charge is -2.33. The Morgan fingerprint density at radius 1 is 0.738 bits per heavy atom. The van der Waals surface area contributed by atoms with Crippen LogP contribution in [0.15, 0.2) is 115 Å². The van der Waals surface area contributed by atoms with E-state index in [1.165, 1.54) is 17.0 Å². The zero-order valence-electron chi connectivity index (χ0n) is 23.4. The van der Waals surface area contributed by atoms with Crippen molar-refractivity contribution in [3.05, 3.63) is 143 Å². The minimum absolute atomic E-state index is 0.00488. The number of sulfonamides is 1. The van der Waals surface area contributed by atoms with E-state index in [0.29, 0.717) is 24.1 Å². The molecule has 0 aliphatic heterocycles. The number of nitrogens with one attached hydrogen (secondary N) is 1. The van der Waals surface area contributed by atoms with E-state index < -0.39 is 40.2 Å². The van der Waals surface area contributed by atoms with Crippen molar-refractivity contribution in [2.75, 3.05) is 19.3 Å². The molecule has 0 aromatic heterocycles. The Balaban J connectivity index is 1.66. The molecule has 4 aromatic carbocycles. The summed E-state index contributed by atoms with van der Waals surface area (Å²) >= 11 is 0. The first kappa shape index (κ1) is 30.6. The Morgan fingerprint density at radius 2 is 1.26 bits per heavy atom. The standard InChI is InChI=1S/C33H34FN3O4S/c1-42(40,41)36(23-27-13-7-3-8-14-27)25-31(38)37(24-28-17-19-30(34)20-18-28)32(29-15-9-4-10-16-29)33(39)35-22-21-26-11-5-2-6-12-26/h2-20,32H,21-25H2,1H3,(H,35,39)/t32-/m1/s1. The van der Waals surface area contributed by atoms with Crippen molar-refractivity contribution < 1.29 is 22.4 Å². The molecule has 4 aromatic rings. The number of halogens is 1. The minimum Gasteiger partial charge on any atom is -0.354 e. The normalized spacial score (nSPS) is 12.1. The number of benzene rings is 4. The Bertz CT molecular complexity index is 1550. The second-order valence-corrected chi connectivity index (χ2v) is 12.0. The van der Waals surface area contributed by atoms with Crippen LogP contribution >= 0.6 is 0 Å². The summed E-state index contributed by atoms with van der Waals surface area (Å²) < 4.78 is 40.3. The van der Waals surface area contributed by atoms with Crippen LogP contribution in [0.1, 0.15) is 28.3 Å². The van der Waals surface area contributed by atoms with Crippen molar-refractivity contribution in [2.24, 2.45) is 0 Å². The molecule has 0 aliphatic rings. The minimum atomic E-state index is -3.79. The Hall–Kier alpha value is -4.34. The van der Waals surface area contributed by atoms with E-state index in [1.807, 2.05) is 42.5 Å². The lowest BCUT2D eigenvalue weighted by atomic mass is 10.0. The van der Waals surface area contributed by atoms with Gasteiger partial charge in [0.1, 0.15) is 11.9 Å². The molecule has 0 saturated heterocycles. The molecular formula is C33H34FN3O4S. The maximum absolute atomic E-state index is 14.0. The van der Waals surface area contributed by atoms with Gasteiger partial charge in [0.25, 0.3) is 0 Å². The van der Waals surface area contributed by atoms with E-state index in [4.69, 9.17) is 0 Å². The third-order valence-corrected chi connectivity index (χ3v) is 8.00. The van der Waals surface area contributed by atoms with Gasteiger partial charge in [-0.05, 0) is 40.8 Å². The fourth-order valence-electron chi connectivity index (χ4n) is 4.61. The fraction of sp³-hybridized carbons (Fsp3) is 0.212. The average molecular weight is 588 g/mol. The molecule has 0 radical (unpaired) electrons. The van der Waals surface area contributed by atoms with Crippen LogP contribution in [0.25, 0.3) is 0 Å². The van der Waals surface area contributed by atoms with Gasteiger partial charge in [0.15, 0.2) is 0 Å². The molecule has 0 bridgehead atoms. The summed E-state index contributed by atoms with van der Waals surface area (Å²) in [5, 5.41) is 2.96. The van der Waals surface area contributed by atoms with Gasteiger partial charge in [-0.3, -0.25) is 9.59 Å². The van der Waals surface area contributed by atoms with Gasteiger partial charge in [-0.2, -0.15) is 4.31 Å². The van der Waals surface area contributed by atoms with Crippen LogP contribution in [-0.2, 0) is 39.1 Å². The quantitative estimate of drug-likeness (QED) is 0.245. The summed E-state index contributed by atoms with van der Waals surface area (Å²) in [4.78, 5) is 29.2. The molecule has 1 N–H and O–H groups in total. The number of hydrogen-bond donors (Lipinski definition) is 1. The number of nitrogens with zero attached hydrogens (tertiary/aromatic N) is 2. The van der Waals surface area contributed by atoms with Gasteiger partial charge in [-0.25, -0.2) is 12.8 Å². The summed E-state index contributed by atoms with van der Waals surface area (Å²) in [5.41, 5.74) is 2.94. The first-order valence-corrected chi connectivity index (χ1v) is 15.4. The molecular weight excluding hydrogens is 553 g/mol. The van der Waals surface area contributed by atoms with E-state index in [1.54, 1.807) is 60.7 Å². The maximum Gasteiger partial charge on any atom is 0.247 e. The molecule has 1 atom stereocenters. The second kappa shape index (κ2) is 14.5. The largest absolute Gasteiger partial charge is 0.354 e. The third-order valence-electron chi connectivity index (χ3n) is 6.80. The molecule has 0 spiro atoms. The lowest BCUT2D eigenvalue weighted by molar-refractivity contribution is -0.141. The van der Waals surface area contributed by atoms with Crippen LogP contribution in [0.2, 0.25) is 0 Å². The average Bonchev–Trinajstić information content (AvgIpc) is 2.98. The van der Waals surface area contributed by atoms with Crippen LogP contribution in [0.5, 0.6) is 0 Å². The summed E-state index contributed by atoms with van der Waals surface area (Å²) in [7, 11) is -3.79. The van der Waals surface area contributed by atoms with Crippen molar-refractivity contribution in [1.29, 1.82) is 0 Å². The molecule has 0 aliphatic carbocycles. The van der Waals surface area contributed by atoms with Gasteiger partial charge < -0.3 is 10.2 Å². The third kappa shape index (κ3) is 8.83. The number of hydrogen-bond acceptors (Lipinski definition) is 4. The van der Waals surface area contributed by atoms with Gasteiger partial charge in [0.2, 0.25) is 21.8 Å². The van der Waals surface area contributed by atoms with Crippen molar-refractivity contribution in [3.8, 4) is 0 Å². The predicted molar refractivity (Wildman–Crippen MR) is 161 cm³/mol. The molecule has 42 heavy (non-hydrogen) atoms. The van der Waals surface area contributed by atoms with E-state index in [9.17, 15) is 22.4 Å². The Kier molecular flexibility index (Phi) is 10.6. The van der Waals surface area contributed by atoms with Crippen molar-refractivity contribution >= 4 is 21.8 Å². The predicted octanol–water partition coefficient (Wildman–Crippen LogP) is 4.72. The van der Waals surface area contributed by atoms with Crippen LogP contribution in [0.3, 0.4) is 0 Å². The molecule has 218 valence electrons. The summed E-state index contributed by atoms with van der Waals surface area (Å²) in [5.74, 6) is -1.39. The van der Waals surface area contributed by atoms with E-state index >= 15 is 0 Å². The van der Waals surface area contributed by atoms with E-state index in [2.05, 4.69) is 5.32 Å². The number of carbonyl (C=O) groups excluding carboxylic acids is 2. The Labute approximate surface area is 246 Å². The Morgan fingerprint density at radius 3 is 1.83 bits per heavy atom. The monoisotopic (exact) mass is 587 g/mol. The summed E-state index contributed by atoms with van der Waals surface area (Å²) in [6.07, 6.45) is 1.65. The van der Waals surface area contributed by atoms with Gasteiger partial charge in [0, 0.05) is 19.6 Å². The highest BCUT2D eigenvalue weighted by Gasteiger charge is 2.33. The van der Waals surface area contributed by atoms with E-state index in [-0.39, 0.29) is 13.1 Å². The number of amides is 2. The highest BCUT2D eigenvalue weighted by molar-refractivity contribution is 7.88. The zero-order valence-corrected chi connectivity index (χ0v) is 24.2. The SMILES string of the molecule is CS(=O)(=O)N(CC(=O)N(Cc1ccc(F)cc1)[C@@H](C(=O)NCCc1ccccc1)c1ccccc1)Cc1ccccc1. The van der Waals surface area contributed by atoms with Crippen LogP contribution in [0.4, 0.5) is 4.39 Å². The molecule has 2 amide bonds. The van der Waals surface area contributed by atoms with Crippen LogP contribution in [0, 0.1) is 5.82 Å². The zero-order chi connectivity index (χ0) is 30.0. The number of rotatable bonds is 13. The molecule has 0 unspecified atom stereocenters. The number of carbonyl (C=O) groups is 2. The summed E-state index contributed by atoms with van der Waals surface area (Å²) in [6, 6.07) is 32.2. The molecule has 0 saturated carbocycles. The molecule has 4 rings (SSSR count). The van der Waals surface area contributed by atoms with E-state index in [0.717, 1.165) is 21.7 Å². The molecule has 0 fully saturated rings. The van der Waals surface area contributed by atoms with Crippen molar-refractivity contribution in [3.63, 3.8) is 0 Å². The van der Waals surface area contributed by atoms with Gasteiger partial charge in [-0.15, -0.1) is 0 Å². The first-order valence-electron chi connectivity index (χ1n) is 13.6. The highest BCUT2D eigenvalue weighted by Crippen LogP contribution is 2.25. The highest BCUT2D eigenvalue weighted by atomic mass is 32.2.